The molecule has 1 spiro atoms. The summed E-state index contributed by atoms with van der Waals surface area (Å²) in [6, 6.07) is 28.0. The molecule has 4 aromatic carbocycles. The van der Waals surface area contributed by atoms with E-state index in [1.165, 1.54) is 44.5 Å². The van der Waals surface area contributed by atoms with Gasteiger partial charge in [-0.3, -0.25) is 0 Å². The highest BCUT2D eigenvalue weighted by Crippen LogP contribution is 2.63. The molecule has 0 amide bonds. The number of para-hydroxylation sites is 2. The minimum absolute atomic E-state index is 0.416. The molecule has 0 bridgehead atoms. The lowest BCUT2D eigenvalue weighted by molar-refractivity contribution is 0.436. The van der Waals surface area contributed by atoms with Gasteiger partial charge in [-0.05, 0) is 70.5 Å². The zero-order chi connectivity index (χ0) is 20.6. The third-order valence-corrected chi connectivity index (χ3v) is 7.30. The summed E-state index contributed by atoms with van der Waals surface area (Å²) in [5.74, 6) is 1.84. The van der Waals surface area contributed by atoms with Gasteiger partial charge < -0.3 is 4.74 Å². The van der Waals surface area contributed by atoms with Crippen LogP contribution in [-0.4, -0.2) is 0 Å². The van der Waals surface area contributed by atoms with E-state index in [1.54, 1.807) is 0 Å². The molecule has 0 radical (unpaired) electrons. The van der Waals surface area contributed by atoms with E-state index in [-0.39, 0.29) is 0 Å². The first-order chi connectivity index (χ1) is 15.3. The normalized spacial score (nSPS) is 16.0. The van der Waals surface area contributed by atoms with E-state index in [0.29, 0.717) is 0 Å². The van der Waals surface area contributed by atoms with Crippen molar-refractivity contribution >= 4 is 17.7 Å². The first-order valence-electron chi connectivity index (χ1n) is 10.8. The first kappa shape index (κ1) is 17.4. The van der Waals surface area contributed by atoms with Gasteiger partial charge >= 0.3 is 0 Å². The Morgan fingerprint density at radius 2 is 1.45 bits per heavy atom. The Hall–Kier alpha value is -3.29. The van der Waals surface area contributed by atoms with Crippen molar-refractivity contribution in [2.75, 3.05) is 0 Å². The third kappa shape index (κ3) is 2.12. The second-order valence-electron chi connectivity index (χ2n) is 8.54. The number of allylic oxidation sites excluding steroid dienone is 1. The summed E-state index contributed by atoms with van der Waals surface area (Å²) in [6.45, 7) is 0. The van der Waals surface area contributed by atoms with Gasteiger partial charge in [0.15, 0.2) is 0 Å². The summed E-state index contributed by atoms with van der Waals surface area (Å²) in [5, 5.41) is 0.771. The summed E-state index contributed by atoms with van der Waals surface area (Å²) in [7, 11) is 0. The molecule has 1 aliphatic heterocycles. The van der Waals surface area contributed by atoms with Crippen LogP contribution in [0.4, 0.5) is 0 Å². The molecule has 148 valence electrons. The summed E-state index contributed by atoms with van der Waals surface area (Å²) < 4.78 is 6.39. The summed E-state index contributed by atoms with van der Waals surface area (Å²) in [5.41, 5.74) is 9.87. The number of hydrogen-bond donors (Lipinski definition) is 0. The van der Waals surface area contributed by atoms with Crippen molar-refractivity contribution in [2.45, 2.75) is 18.3 Å². The molecule has 0 saturated heterocycles. The van der Waals surface area contributed by atoms with Crippen LogP contribution in [0.2, 0.25) is 5.02 Å². The lowest BCUT2D eigenvalue weighted by atomic mass is 9.66. The van der Waals surface area contributed by atoms with Crippen molar-refractivity contribution in [2.24, 2.45) is 0 Å². The number of aryl methyl sites for hydroxylation is 1. The van der Waals surface area contributed by atoms with Crippen LogP contribution in [0, 0.1) is 0 Å². The Morgan fingerprint density at radius 3 is 2.23 bits per heavy atom. The fourth-order valence-electron chi connectivity index (χ4n) is 5.88. The van der Waals surface area contributed by atoms with Gasteiger partial charge in [0.1, 0.15) is 11.5 Å². The van der Waals surface area contributed by atoms with Gasteiger partial charge in [-0.1, -0.05) is 78.4 Å². The monoisotopic (exact) mass is 418 g/mol. The molecule has 0 aromatic heterocycles. The molecular formula is C29H19ClO. The highest BCUT2D eigenvalue weighted by molar-refractivity contribution is 6.31. The maximum Gasteiger partial charge on any atom is 0.132 e. The molecule has 2 heteroatoms. The Kier molecular flexibility index (Phi) is 3.43. The van der Waals surface area contributed by atoms with Crippen molar-refractivity contribution in [1.29, 1.82) is 0 Å². The second-order valence-corrected chi connectivity index (χ2v) is 8.97. The smallest absolute Gasteiger partial charge is 0.132 e. The van der Waals surface area contributed by atoms with Crippen LogP contribution in [0.1, 0.15) is 39.8 Å². The maximum atomic E-state index is 6.56. The van der Waals surface area contributed by atoms with Crippen LogP contribution >= 0.6 is 11.6 Å². The lowest BCUT2D eigenvalue weighted by Crippen LogP contribution is -2.32. The molecule has 1 heterocycles. The quantitative estimate of drug-likeness (QED) is 0.245. The van der Waals surface area contributed by atoms with Crippen LogP contribution < -0.4 is 4.74 Å². The largest absolute Gasteiger partial charge is 0.457 e. The van der Waals surface area contributed by atoms with Gasteiger partial charge in [-0.25, -0.2) is 0 Å². The van der Waals surface area contributed by atoms with Crippen molar-refractivity contribution in [3.63, 3.8) is 0 Å². The minimum Gasteiger partial charge on any atom is -0.457 e. The van der Waals surface area contributed by atoms with E-state index >= 15 is 0 Å². The highest BCUT2D eigenvalue weighted by atomic mass is 35.5. The Morgan fingerprint density at radius 1 is 0.742 bits per heavy atom. The highest BCUT2D eigenvalue weighted by Gasteiger charge is 2.51. The van der Waals surface area contributed by atoms with Crippen LogP contribution in [0.25, 0.3) is 17.2 Å². The van der Waals surface area contributed by atoms with Crippen molar-refractivity contribution in [1.82, 2.24) is 0 Å². The van der Waals surface area contributed by atoms with Gasteiger partial charge in [0.05, 0.1) is 5.41 Å². The number of ether oxygens (including phenoxy) is 1. The van der Waals surface area contributed by atoms with E-state index in [9.17, 15) is 0 Å². The fraction of sp³-hybridized carbons (Fsp3) is 0.103. The Bertz CT molecular complexity index is 1380. The Labute approximate surface area is 186 Å². The molecule has 31 heavy (non-hydrogen) atoms. The molecule has 0 saturated carbocycles. The number of hydrogen-bond acceptors (Lipinski definition) is 1. The summed E-state index contributed by atoms with van der Waals surface area (Å²) in [4.78, 5) is 0. The summed E-state index contributed by atoms with van der Waals surface area (Å²) >= 11 is 6.56. The van der Waals surface area contributed by atoms with Crippen molar-refractivity contribution in [3.05, 3.63) is 123 Å². The molecule has 0 N–H and O–H groups in total. The summed E-state index contributed by atoms with van der Waals surface area (Å²) in [6.07, 6.45) is 6.78. The van der Waals surface area contributed by atoms with Crippen LogP contribution in [0.15, 0.2) is 84.9 Å². The minimum atomic E-state index is -0.416. The maximum absolute atomic E-state index is 6.56. The molecule has 0 fully saturated rings. The number of halogens is 1. The SMILES string of the molecule is Clc1ccc2c(c1)-c1c(ccc3c1C=CCC3)C21c2ccccc2Oc2ccccc21. The molecular weight excluding hydrogens is 400 g/mol. The van der Waals surface area contributed by atoms with Crippen LogP contribution in [0.3, 0.4) is 0 Å². The van der Waals surface area contributed by atoms with Gasteiger partial charge in [-0.2, -0.15) is 0 Å². The molecule has 3 aliphatic rings. The predicted octanol–water partition coefficient (Wildman–Crippen LogP) is 7.77. The topological polar surface area (TPSA) is 9.23 Å². The molecule has 1 nitrogen and oxygen atoms in total. The van der Waals surface area contributed by atoms with E-state index in [2.05, 4.69) is 84.9 Å². The predicted molar refractivity (Wildman–Crippen MR) is 126 cm³/mol. The van der Waals surface area contributed by atoms with Crippen molar-refractivity contribution < 1.29 is 4.74 Å². The lowest BCUT2D eigenvalue weighted by Gasteiger charge is -2.39. The molecule has 0 unspecified atom stereocenters. The zero-order valence-corrected chi connectivity index (χ0v) is 17.6. The average molecular weight is 419 g/mol. The third-order valence-electron chi connectivity index (χ3n) is 7.06. The number of rotatable bonds is 0. The van der Waals surface area contributed by atoms with Gasteiger partial charge in [-0.15, -0.1) is 0 Å². The van der Waals surface area contributed by atoms with Crippen LogP contribution in [-0.2, 0) is 11.8 Å². The van der Waals surface area contributed by atoms with E-state index in [0.717, 1.165) is 29.4 Å². The second kappa shape index (κ2) is 6.12. The van der Waals surface area contributed by atoms with E-state index in [4.69, 9.17) is 16.3 Å². The van der Waals surface area contributed by atoms with Crippen LogP contribution in [0.5, 0.6) is 11.5 Å². The average Bonchev–Trinajstić information content (AvgIpc) is 3.10. The zero-order valence-electron chi connectivity index (χ0n) is 16.9. The fourth-order valence-corrected chi connectivity index (χ4v) is 6.06. The van der Waals surface area contributed by atoms with E-state index in [1.807, 2.05) is 6.07 Å². The molecule has 4 aromatic rings. The van der Waals surface area contributed by atoms with Gasteiger partial charge in [0.2, 0.25) is 0 Å². The molecule has 0 atom stereocenters. The molecule has 7 rings (SSSR count). The molecule has 2 aliphatic carbocycles. The number of benzene rings is 4. The van der Waals surface area contributed by atoms with Crippen molar-refractivity contribution in [3.8, 4) is 22.6 Å². The van der Waals surface area contributed by atoms with Gasteiger partial charge in [0.25, 0.3) is 0 Å². The van der Waals surface area contributed by atoms with E-state index < -0.39 is 5.41 Å². The Balaban J connectivity index is 1.71. The van der Waals surface area contributed by atoms with Gasteiger partial charge in [0, 0.05) is 16.1 Å². The standard InChI is InChI=1S/C29H19ClO/c30-19-14-16-22-21(17-19)28-20-8-2-1-7-18(20)13-15-25(28)29(22)23-9-3-5-11-26(23)31-27-12-6-4-10-24(27)29/h2-6,8-17H,1,7H2. The number of fused-ring (bicyclic) bond motifs is 11. The first-order valence-corrected chi connectivity index (χ1v) is 11.2.